The van der Waals surface area contributed by atoms with E-state index < -0.39 is 0 Å². The van der Waals surface area contributed by atoms with Crippen LogP contribution in [-0.4, -0.2) is 49.1 Å². The fourth-order valence-corrected chi connectivity index (χ4v) is 2.80. The number of carbonyl (C=O) groups is 1. The van der Waals surface area contributed by atoms with E-state index in [2.05, 4.69) is 26.2 Å². The number of carbonyl (C=O) groups excluding carboxylic acids is 1. The second kappa shape index (κ2) is 7.04. The zero-order valence-corrected chi connectivity index (χ0v) is 13.4. The molecule has 6 heteroatoms. The molecule has 1 aliphatic rings. The number of hydrogen-bond acceptors (Lipinski definition) is 4. The lowest BCUT2D eigenvalue weighted by Gasteiger charge is -2.18. The highest BCUT2D eigenvalue weighted by atomic mass is 79.9. The van der Waals surface area contributed by atoms with E-state index in [0.29, 0.717) is 23.9 Å². The van der Waals surface area contributed by atoms with Crippen LogP contribution in [0.1, 0.15) is 23.7 Å². The Morgan fingerprint density at radius 3 is 3.15 bits per heavy atom. The molecule has 1 atom stereocenters. The van der Waals surface area contributed by atoms with Gasteiger partial charge in [-0.05, 0) is 35.3 Å². The van der Waals surface area contributed by atoms with Gasteiger partial charge < -0.3 is 15.0 Å². The van der Waals surface area contributed by atoms with E-state index in [1.807, 2.05) is 17.9 Å². The van der Waals surface area contributed by atoms with Crippen molar-refractivity contribution in [3.8, 4) is 0 Å². The summed E-state index contributed by atoms with van der Waals surface area (Å²) in [6, 6.07) is 1.83. The van der Waals surface area contributed by atoms with Crippen molar-refractivity contribution in [2.24, 2.45) is 5.92 Å². The van der Waals surface area contributed by atoms with Gasteiger partial charge in [-0.2, -0.15) is 0 Å². The summed E-state index contributed by atoms with van der Waals surface area (Å²) < 4.78 is 5.99. The second-order valence-corrected chi connectivity index (χ2v) is 5.86. The molecule has 1 N–H and O–H groups in total. The zero-order chi connectivity index (χ0) is 14.5. The van der Waals surface area contributed by atoms with Crippen molar-refractivity contribution in [1.29, 1.82) is 0 Å². The molecule has 110 valence electrons. The first-order chi connectivity index (χ1) is 9.65. The molecule has 1 fully saturated rings. The van der Waals surface area contributed by atoms with Crippen molar-refractivity contribution in [3.05, 3.63) is 22.3 Å². The monoisotopic (exact) mass is 341 g/mol. The molecular formula is C14H20BrN3O2. The quantitative estimate of drug-likeness (QED) is 0.893. The van der Waals surface area contributed by atoms with Gasteiger partial charge in [0.25, 0.3) is 5.91 Å². The van der Waals surface area contributed by atoms with Gasteiger partial charge in [0.15, 0.2) is 0 Å². The largest absolute Gasteiger partial charge is 0.384 e. The number of halogens is 1. The summed E-state index contributed by atoms with van der Waals surface area (Å²) in [6.07, 6.45) is 2.70. The topological polar surface area (TPSA) is 54.5 Å². The van der Waals surface area contributed by atoms with E-state index in [9.17, 15) is 4.79 Å². The molecule has 0 bridgehead atoms. The molecule has 1 saturated heterocycles. The standard InChI is InChI=1S/C14H20BrN3O2/c1-3-16-13-12(6-11(15)7-17-13)14(19)18-5-4-10(8-18)9-20-2/h6-7,10H,3-5,8-9H2,1-2H3,(H,16,17). The molecule has 0 spiro atoms. The minimum atomic E-state index is 0.0355. The lowest BCUT2D eigenvalue weighted by molar-refractivity contribution is 0.0776. The normalized spacial score (nSPS) is 18.4. The van der Waals surface area contributed by atoms with E-state index in [1.165, 1.54) is 0 Å². The molecule has 2 heterocycles. The first-order valence-electron chi connectivity index (χ1n) is 6.83. The van der Waals surface area contributed by atoms with Gasteiger partial charge in [-0.3, -0.25) is 4.79 Å². The summed E-state index contributed by atoms with van der Waals surface area (Å²) in [5, 5.41) is 3.14. The second-order valence-electron chi connectivity index (χ2n) is 4.94. The Bertz CT molecular complexity index is 481. The van der Waals surface area contributed by atoms with Crippen LogP contribution in [-0.2, 0) is 4.74 Å². The summed E-state index contributed by atoms with van der Waals surface area (Å²) in [5.74, 6) is 1.12. The SMILES string of the molecule is CCNc1ncc(Br)cc1C(=O)N1CCC(COC)C1. The van der Waals surface area contributed by atoms with Crippen LogP contribution in [0.15, 0.2) is 16.7 Å². The van der Waals surface area contributed by atoms with Crippen LogP contribution >= 0.6 is 15.9 Å². The van der Waals surface area contributed by atoms with Crippen LogP contribution in [0.25, 0.3) is 0 Å². The first-order valence-corrected chi connectivity index (χ1v) is 7.62. The van der Waals surface area contributed by atoms with Gasteiger partial charge in [0, 0.05) is 43.3 Å². The number of hydrogen-bond donors (Lipinski definition) is 1. The minimum absolute atomic E-state index is 0.0355. The maximum atomic E-state index is 12.6. The third kappa shape index (κ3) is 3.49. The molecule has 0 aromatic carbocycles. The van der Waals surface area contributed by atoms with Crippen molar-refractivity contribution in [2.75, 3.05) is 38.7 Å². The van der Waals surface area contributed by atoms with Crippen molar-refractivity contribution >= 4 is 27.7 Å². The number of likely N-dealkylation sites (tertiary alicyclic amines) is 1. The van der Waals surface area contributed by atoms with E-state index in [1.54, 1.807) is 13.3 Å². The molecule has 0 radical (unpaired) electrons. The molecule has 20 heavy (non-hydrogen) atoms. The van der Waals surface area contributed by atoms with Crippen molar-refractivity contribution < 1.29 is 9.53 Å². The van der Waals surface area contributed by atoms with Crippen LogP contribution in [0.3, 0.4) is 0 Å². The highest BCUT2D eigenvalue weighted by Crippen LogP contribution is 2.24. The third-order valence-corrected chi connectivity index (χ3v) is 3.84. The molecule has 1 aliphatic heterocycles. The van der Waals surface area contributed by atoms with Gasteiger partial charge in [0.2, 0.25) is 0 Å². The number of rotatable bonds is 5. The molecule has 0 aliphatic carbocycles. The Balaban J connectivity index is 2.14. The molecule has 1 amide bonds. The third-order valence-electron chi connectivity index (χ3n) is 3.40. The van der Waals surface area contributed by atoms with E-state index >= 15 is 0 Å². The van der Waals surface area contributed by atoms with Gasteiger partial charge in [-0.25, -0.2) is 4.98 Å². The van der Waals surface area contributed by atoms with Gasteiger partial charge in [0.1, 0.15) is 5.82 Å². The number of nitrogens with zero attached hydrogens (tertiary/aromatic N) is 2. The predicted molar refractivity (Wildman–Crippen MR) is 82.0 cm³/mol. The lowest BCUT2D eigenvalue weighted by atomic mass is 10.1. The Morgan fingerprint density at radius 2 is 2.45 bits per heavy atom. The summed E-state index contributed by atoms with van der Waals surface area (Å²) in [7, 11) is 1.70. The Kier molecular flexibility index (Phi) is 5.37. The first kappa shape index (κ1) is 15.3. The Hall–Kier alpha value is -1.14. The molecule has 1 aromatic rings. The van der Waals surface area contributed by atoms with Gasteiger partial charge in [-0.15, -0.1) is 0 Å². The van der Waals surface area contributed by atoms with E-state index in [4.69, 9.17) is 4.74 Å². The molecule has 2 rings (SSSR count). The summed E-state index contributed by atoms with van der Waals surface area (Å²) >= 11 is 3.38. The summed E-state index contributed by atoms with van der Waals surface area (Å²) in [4.78, 5) is 18.8. The lowest BCUT2D eigenvalue weighted by Crippen LogP contribution is -2.30. The molecule has 1 aromatic heterocycles. The van der Waals surface area contributed by atoms with Crippen LogP contribution in [0, 0.1) is 5.92 Å². The van der Waals surface area contributed by atoms with Crippen molar-refractivity contribution in [1.82, 2.24) is 9.88 Å². The average Bonchev–Trinajstić information content (AvgIpc) is 2.89. The molecule has 1 unspecified atom stereocenters. The van der Waals surface area contributed by atoms with E-state index in [-0.39, 0.29) is 5.91 Å². The van der Waals surface area contributed by atoms with Crippen LogP contribution in [0.5, 0.6) is 0 Å². The fourth-order valence-electron chi connectivity index (χ4n) is 2.47. The van der Waals surface area contributed by atoms with Gasteiger partial charge in [0.05, 0.1) is 12.2 Å². The number of amides is 1. The number of anilines is 1. The predicted octanol–water partition coefficient (Wildman–Crippen LogP) is 2.38. The van der Waals surface area contributed by atoms with E-state index in [0.717, 1.165) is 30.5 Å². The minimum Gasteiger partial charge on any atom is -0.384 e. The highest BCUT2D eigenvalue weighted by molar-refractivity contribution is 9.10. The van der Waals surface area contributed by atoms with Crippen LogP contribution < -0.4 is 5.32 Å². The maximum Gasteiger partial charge on any atom is 0.257 e. The number of nitrogens with one attached hydrogen (secondary N) is 1. The van der Waals surface area contributed by atoms with Crippen LogP contribution in [0.2, 0.25) is 0 Å². The number of methoxy groups -OCH3 is 1. The zero-order valence-electron chi connectivity index (χ0n) is 11.9. The van der Waals surface area contributed by atoms with Crippen molar-refractivity contribution in [3.63, 3.8) is 0 Å². The smallest absolute Gasteiger partial charge is 0.257 e. The van der Waals surface area contributed by atoms with Gasteiger partial charge >= 0.3 is 0 Å². The van der Waals surface area contributed by atoms with Crippen LogP contribution in [0.4, 0.5) is 5.82 Å². The van der Waals surface area contributed by atoms with Gasteiger partial charge in [-0.1, -0.05) is 0 Å². The summed E-state index contributed by atoms with van der Waals surface area (Å²) in [6.45, 7) is 4.97. The van der Waals surface area contributed by atoms with Crippen molar-refractivity contribution in [2.45, 2.75) is 13.3 Å². The summed E-state index contributed by atoms with van der Waals surface area (Å²) in [5.41, 5.74) is 0.624. The Labute approximate surface area is 127 Å². The molecule has 5 nitrogen and oxygen atoms in total. The Morgan fingerprint density at radius 1 is 1.65 bits per heavy atom. The average molecular weight is 342 g/mol. The molecular weight excluding hydrogens is 322 g/mol. The maximum absolute atomic E-state index is 12.6. The molecule has 0 saturated carbocycles. The fraction of sp³-hybridized carbons (Fsp3) is 0.571. The number of aromatic nitrogens is 1. The highest BCUT2D eigenvalue weighted by Gasteiger charge is 2.28. The number of ether oxygens (including phenoxy) is 1. The number of pyridine rings is 1.